The number of carbonyl (C=O) groups excluding carboxylic acids is 1. The maximum Gasteiger partial charge on any atom is 0.361 e. The van der Waals surface area contributed by atoms with E-state index in [1.54, 1.807) is 21.0 Å². The van der Waals surface area contributed by atoms with Crippen molar-refractivity contribution in [2.24, 2.45) is 0 Å². The van der Waals surface area contributed by atoms with Crippen LogP contribution in [0.25, 0.3) is 11.0 Å². The summed E-state index contributed by atoms with van der Waals surface area (Å²) in [6.07, 6.45) is -0.238. The fourth-order valence-electron chi connectivity index (χ4n) is 2.56. The van der Waals surface area contributed by atoms with E-state index in [0.717, 1.165) is 11.3 Å². The summed E-state index contributed by atoms with van der Waals surface area (Å²) in [6.45, 7) is 4.04. The van der Waals surface area contributed by atoms with Crippen LogP contribution < -0.4 is 10.1 Å². The second-order valence-corrected chi connectivity index (χ2v) is 6.03. The zero-order chi connectivity index (χ0) is 18.5. The van der Waals surface area contributed by atoms with Gasteiger partial charge in [-0.3, -0.25) is 0 Å². The molecule has 3 rings (SSSR count). The SMILES string of the molecule is COc1ccccc1CNc1nc2ccccc2nc1C(=O)OC(C)C. The third kappa shape index (κ3) is 3.91. The monoisotopic (exact) mass is 351 g/mol. The minimum atomic E-state index is -0.499. The number of hydrogen-bond donors (Lipinski definition) is 1. The number of fused-ring (bicyclic) bond motifs is 1. The molecular weight excluding hydrogens is 330 g/mol. The maximum absolute atomic E-state index is 12.5. The number of aromatic nitrogens is 2. The third-order valence-electron chi connectivity index (χ3n) is 3.75. The molecule has 0 amide bonds. The number of methoxy groups -OCH3 is 1. The summed E-state index contributed by atoms with van der Waals surface area (Å²) in [6, 6.07) is 15.1. The van der Waals surface area contributed by atoms with Gasteiger partial charge in [0.15, 0.2) is 11.5 Å². The standard InChI is InChI=1S/C20H21N3O3/c1-13(2)26-20(24)18-19(23-16-10-6-5-9-15(16)22-18)21-12-14-8-4-7-11-17(14)25-3/h4-11,13H,12H2,1-3H3,(H,21,23). The number of esters is 1. The van der Waals surface area contributed by atoms with E-state index in [1.165, 1.54) is 0 Å². The molecule has 0 aliphatic rings. The summed E-state index contributed by atoms with van der Waals surface area (Å²) < 4.78 is 10.7. The normalized spacial score (nSPS) is 10.8. The highest BCUT2D eigenvalue weighted by Crippen LogP contribution is 2.22. The molecule has 1 N–H and O–H groups in total. The lowest BCUT2D eigenvalue weighted by Gasteiger charge is -2.14. The van der Waals surface area contributed by atoms with E-state index >= 15 is 0 Å². The predicted molar refractivity (Wildman–Crippen MR) is 100 cm³/mol. The number of rotatable bonds is 6. The van der Waals surface area contributed by atoms with Crippen LogP contribution in [0.2, 0.25) is 0 Å². The molecule has 134 valence electrons. The third-order valence-corrected chi connectivity index (χ3v) is 3.75. The Bertz CT molecular complexity index is 925. The molecule has 0 aliphatic heterocycles. The summed E-state index contributed by atoms with van der Waals surface area (Å²) in [5, 5.41) is 3.20. The highest BCUT2D eigenvalue weighted by Gasteiger charge is 2.19. The summed E-state index contributed by atoms with van der Waals surface area (Å²) in [4.78, 5) is 21.5. The molecule has 0 atom stereocenters. The van der Waals surface area contributed by atoms with Gasteiger partial charge in [-0.25, -0.2) is 14.8 Å². The lowest BCUT2D eigenvalue weighted by atomic mass is 10.2. The lowest BCUT2D eigenvalue weighted by Crippen LogP contribution is -2.17. The van der Waals surface area contributed by atoms with Crippen molar-refractivity contribution >= 4 is 22.8 Å². The molecule has 0 saturated carbocycles. The van der Waals surface area contributed by atoms with E-state index in [4.69, 9.17) is 9.47 Å². The number of carbonyl (C=O) groups is 1. The Hall–Kier alpha value is -3.15. The molecule has 6 nitrogen and oxygen atoms in total. The number of para-hydroxylation sites is 3. The van der Waals surface area contributed by atoms with Crippen molar-refractivity contribution in [3.8, 4) is 5.75 Å². The van der Waals surface area contributed by atoms with Gasteiger partial charge in [-0.2, -0.15) is 0 Å². The summed E-state index contributed by atoms with van der Waals surface area (Å²) >= 11 is 0. The zero-order valence-corrected chi connectivity index (χ0v) is 15.0. The molecule has 0 bridgehead atoms. The minimum Gasteiger partial charge on any atom is -0.496 e. The topological polar surface area (TPSA) is 73.3 Å². The van der Waals surface area contributed by atoms with Crippen LogP contribution in [0, 0.1) is 0 Å². The largest absolute Gasteiger partial charge is 0.496 e. The molecule has 2 aromatic carbocycles. The number of ether oxygens (including phenoxy) is 2. The molecule has 0 spiro atoms. The molecule has 6 heteroatoms. The van der Waals surface area contributed by atoms with Crippen molar-refractivity contribution in [1.29, 1.82) is 0 Å². The van der Waals surface area contributed by atoms with Crippen molar-refractivity contribution < 1.29 is 14.3 Å². The van der Waals surface area contributed by atoms with Crippen LogP contribution in [0.4, 0.5) is 5.82 Å². The average Bonchev–Trinajstić information content (AvgIpc) is 2.65. The first kappa shape index (κ1) is 17.7. The molecular formula is C20H21N3O3. The highest BCUT2D eigenvalue weighted by atomic mass is 16.5. The Labute approximate surface area is 152 Å². The van der Waals surface area contributed by atoms with E-state index in [1.807, 2.05) is 48.5 Å². The minimum absolute atomic E-state index is 0.173. The molecule has 1 heterocycles. The van der Waals surface area contributed by atoms with Crippen molar-refractivity contribution in [2.75, 3.05) is 12.4 Å². The molecule has 0 fully saturated rings. The maximum atomic E-state index is 12.5. The molecule has 0 unspecified atom stereocenters. The number of anilines is 1. The summed E-state index contributed by atoms with van der Waals surface area (Å²) in [5.41, 5.74) is 2.47. The first-order valence-corrected chi connectivity index (χ1v) is 8.42. The second-order valence-electron chi connectivity index (χ2n) is 6.03. The van der Waals surface area contributed by atoms with Gasteiger partial charge in [0.25, 0.3) is 0 Å². The summed E-state index contributed by atoms with van der Waals surface area (Å²) in [5.74, 6) is 0.654. The van der Waals surface area contributed by atoms with Crippen molar-refractivity contribution in [3.63, 3.8) is 0 Å². The van der Waals surface area contributed by atoms with Crippen LogP contribution in [0.3, 0.4) is 0 Å². The quantitative estimate of drug-likeness (QED) is 0.681. The summed E-state index contributed by atoms with van der Waals surface area (Å²) in [7, 11) is 1.63. The van der Waals surface area contributed by atoms with Crippen molar-refractivity contribution in [3.05, 3.63) is 59.8 Å². The van der Waals surface area contributed by atoms with Crippen LogP contribution in [-0.2, 0) is 11.3 Å². The average molecular weight is 351 g/mol. The smallest absolute Gasteiger partial charge is 0.361 e. The number of benzene rings is 2. The van der Waals surface area contributed by atoms with Gasteiger partial charge in [0.2, 0.25) is 0 Å². The Balaban J connectivity index is 1.95. The fourth-order valence-corrected chi connectivity index (χ4v) is 2.56. The zero-order valence-electron chi connectivity index (χ0n) is 15.0. The van der Waals surface area contributed by atoms with Gasteiger partial charge in [-0.05, 0) is 32.0 Å². The van der Waals surface area contributed by atoms with Gasteiger partial charge in [0, 0.05) is 12.1 Å². The highest BCUT2D eigenvalue weighted by molar-refractivity contribution is 5.95. The van der Waals surface area contributed by atoms with Gasteiger partial charge in [-0.1, -0.05) is 30.3 Å². The van der Waals surface area contributed by atoms with E-state index in [9.17, 15) is 4.79 Å². The first-order valence-electron chi connectivity index (χ1n) is 8.42. The van der Waals surface area contributed by atoms with Crippen LogP contribution in [-0.4, -0.2) is 29.2 Å². The Morgan fingerprint density at radius 1 is 1.04 bits per heavy atom. The molecule has 26 heavy (non-hydrogen) atoms. The van der Waals surface area contributed by atoms with E-state index in [-0.39, 0.29) is 11.8 Å². The first-order chi connectivity index (χ1) is 12.6. The van der Waals surface area contributed by atoms with Gasteiger partial charge >= 0.3 is 5.97 Å². The molecule has 0 radical (unpaired) electrons. The van der Waals surface area contributed by atoms with Crippen molar-refractivity contribution in [2.45, 2.75) is 26.5 Å². The van der Waals surface area contributed by atoms with E-state index in [2.05, 4.69) is 15.3 Å². The van der Waals surface area contributed by atoms with Crippen LogP contribution in [0.1, 0.15) is 29.9 Å². The Kier molecular flexibility index (Phi) is 5.31. The molecule has 0 saturated heterocycles. The van der Waals surface area contributed by atoms with E-state index in [0.29, 0.717) is 23.4 Å². The van der Waals surface area contributed by atoms with Crippen LogP contribution in [0.15, 0.2) is 48.5 Å². The molecule has 3 aromatic rings. The van der Waals surface area contributed by atoms with E-state index < -0.39 is 5.97 Å². The number of hydrogen-bond acceptors (Lipinski definition) is 6. The van der Waals surface area contributed by atoms with Crippen LogP contribution >= 0.6 is 0 Å². The van der Waals surface area contributed by atoms with Gasteiger partial charge < -0.3 is 14.8 Å². The van der Waals surface area contributed by atoms with Crippen LogP contribution in [0.5, 0.6) is 5.75 Å². The molecule has 1 aromatic heterocycles. The van der Waals surface area contributed by atoms with Gasteiger partial charge in [0.05, 0.1) is 24.2 Å². The fraction of sp³-hybridized carbons (Fsp3) is 0.250. The lowest BCUT2D eigenvalue weighted by molar-refractivity contribution is 0.0372. The predicted octanol–water partition coefficient (Wildman–Crippen LogP) is 3.82. The Morgan fingerprint density at radius 3 is 2.38 bits per heavy atom. The number of nitrogens with zero attached hydrogens (tertiary/aromatic N) is 2. The Morgan fingerprint density at radius 2 is 1.69 bits per heavy atom. The van der Waals surface area contributed by atoms with Crippen molar-refractivity contribution in [1.82, 2.24) is 9.97 Å². The van der Waals surface area contributed by atoms with Gasteiger partial charge in [-0.15, -0.1) is 0 Å². The van der Waals surface area contributed by atoms with Gasteiger partial charge in [0.1, 0.15) is 5.75 Å². The number of nitrogens with one attached hydrogen (secondary N) is 1. The molecule has 0 aliphatic carbocycles. The second kappa shape index (κ2) is 7.82.